The van der Waals surface area contributed by atoms with Crippen LogP contribution in [0.3, 0.4) is 0 Å². The number of nitro groups is 1. The van der Waals surface area contributed by atoms with Crippen molar-refractivity contribution in [1.82, 2.24) is 19.9 Å². The number of aryl methyl sites for hydroxylation is 1. The van der Waals surface area contributed by atoms with E-state index < -0.39 is 16.9 Å². The summed E-state index contributed by atoms with van der Waals surface area (Å²) in [7, 11) is 3.20. The van der Waals surface area contributed by atoms with E-state index in [9.17, 15) is 24.5 Å². The molecule has 4 aromatic rings. The molecular weight excluding hydrogens is 632 g/mol. The van der Waals surface area contributed by atoms with Crippen molar-refractivity contribution in [3.05, 3.63) is 87.1 Å². The van der Waals surface area contributed by atoms with Gasteiger partial charge in [-0.1, -0.05) is 28.9 Å². The number of nitrogens with zero attached hydrogens (tertiary/aromatic N) is 7. The van der Waals surface area contributed by atoms with Gasteiger partial charge in [0.1, 0.15) is 23.7 Å². The maximum absolute atomic E-state index is 13.7. The number of halogens is 1. The zero-order valence-corrected chi connectivity index (χ0v) is 26.1. The molecule has 1 N–H and O–H groups in total. The first-order chi connectivity index (χ1) is 22.7. The molecule has 2 aliphatic heterocycles. The fourth-order valence-electron chi connectivity index (χ4n) is 5.58. The van der Waals surface area contributed by atoms with Gasteiger partial charge in [0.25, 0.3) is 17.5 Å². The summed E-state index contributed by atoms with van der Waals surface area (Å²) in [5, 5.41) is 23.0. The van der Waals surface area contributed by atoms with Gasteiger partial charge in [0.2, 0.25) is 0 Å². The molecule has 0 saturated carbocycles. The van der Waals surface area contributed by atoms with Gasteiger partial charge in [0, 0.05) is 56.1 Å². The fraction of sp³-hybridized carbons (Fsp3) is 0.258. The fourth-order valence-corrected chi connectivity index (χ4v) is 5.86. The Morgan fingerprint density at radius 3 is 2.43 bits per heavy atom. The number of aromatic nitrogens is 3. The Kier molecular flexibility index (Phi) is 8.63. The molecule has 242 valence electrons. The van der Waals surface area contributed by atoms with Gasteiger partial charge in [0.15, 0.2) is 5.69 Å². The summed E-state index contributed by atoms with van der Waals surface area (Å²) in [6, 6.07) is 16.2. The third-order valence-electron chi connectivity index (χ3n) is 8.01. The second-order valence-electron chi connectivity index (χ2n) is 10.7. The molecule has 0 bridgehead atoms. The van der Waals surface area contributed by atoms with E-state index in [0.29, 0.717) is 66.8 Å². The van der Waals surface area contributed by atoms with E-state index in [1.807, 2.05) is 23.1 Å². The van der Waals surface area contributed by atoms with Crippen LogP contribution in [0.15, 0.2) is 60.7 Å². The molecule has 1 aromatic heterocycles. The van der Waals surface area contributed by atoms with Crippen molar-refractivity contribution in [2.45, 2.75) is 0 Å². The number of benzene rings is 3. The lowest BCUT2D eigenvalue weighted by Gasteiger charge is -2.36. The molecule has 0 atom stereocenters. The van der Waals surface area contributed by atoms with Crippen molar-refractivity contribution < 1.29 is 28.8 Å². The van der Waals surface area contributed by atoms with Gasteiger partial charge in [-0.05, 0) is 42.5 Å². The topological polar surface area (TPSA) is 165 Å². The maximum Gasteiger partial charge on any atom is 0.414 e. The number of carbonyl (C=O) groups excluding carboxylic acids is 3. The predicted octanol–water partition coefficient (Wildman–Crippen LogP) is 4.22. The van der Waals surface area contributed by atoms with Crippen molar-refractivity contribution in [3.8, 4) is 17.0 Å². The molecular formula is C31H29ClN8O7. The number of nitro benzene ring substituents is 1. The Morgan fingerprint density at radius 2 is 1.77 bits per heavy atom. The Labute approximate surface area is 273 Å². The first-order valence-corrected chi connectivity index (χ1v) is 14.9. The van der Waals surface area contributed by atoms with Crippen LogP contribution in [0.5, 0.6) is 5.75 Å². The predicted molar refractivity (Wildman–Crippen MR) is 172 cm³/mol. The summed E-state index contributed by atoms with van der Waals surface area (Å²) < 4.78 is 11.9. The van der Waals surface area contributed by atoms with Crippen LogP contribution in [0.2, 0.25) is 5.02 Å². The lowest BCUT2D eigenvalue weighted by molar-refractivity contribution is -0.383. The molecule has 0 aliphatic carbocycles. The van der Waals surface area contributed by atoms with E-state index in [1.54, 1.807) is 37.3 Å². The van der Waals surface area contributed by atoms with E-state index in [0.717, 1.165) is 0 Å². The second-order valence-corrected chi connectivity index (χ2v) is 11.1. The standard InChI is InChI=1S/C31H29ClN8O7/c1-36-28(27(34-35-36)21-5-3-4-6-26(21)46-2)30(42)38-13-11-37(12-14-38)24-18-23(25(40(44)45)17-22(24)32)33-29(41)19-7-9-20(10-8-19)39-15-16-47-31(39)43/h3-10,17-18H,11-16H2,1-2H3,(H,33,41). The minimum Gasteiger partial charge on any atom is -0.496 e. The summed E-state index contributed by atoms with van der Waals surface area (Å²) >= 11 is 6.53. The zero-order chi connectivity index (χ0) is 33.2. The third-order valence-corrected chi connectivity index (χ3v) is 8.31. The Bertz CT molecular complexity index is 1870. The van der Waals surface area contributed by atoms with Crippen LogP contribution in [0.4, 0.5) is 27.5 Å². The maximum atomic E-state index is 13.7. The largest absolute Gasteiger partial charge is 0.496 e. The van der Waals surface area contributed by atoms with Crippen molar-refractivity contribution in [2.75, 3.05) is 61.6 Å². The molecule has 2 fully saturated rings. The minimum atomic E-state index is -0.620. The highest BCUT2D eigenvalue weighted by molar-refractivity contribution is 6.33. The van der Waals surface area contributed by atoms with Gasteiger partial charge in [-0.25, -0.2) is 9.48 Å². The minimum absolute atomic E-state index is 0.0347. The van der Waals surface area contributed by atoms with Gasteiger partial charge in [-0.15, -0.1) is 5.10 Å². The average molecular weight is 661 g/mol. The highest BCUT2D eigenvalue weighted by atomic mass is 35.5. The van der Waals surface area contributed by atoms with E-state index in [4.69, 9.17) is 21.1 Å². The number of nitrogens with one attached hydrogen (secondary N) is 1. The molecule has 0 radical (unpaired) electrons. The third kappa shape index (κ3) is 6.12. The summed E-state index contributed by atoms with van der Waals surface area (Å²) in [5.41, 5.74) is 2.23. The molecule has 3 amide bonds. The Balaban J connectivity index is 1.18. The van der Waals surface area contributed by atoms with Gasteiger partial charge < -0.3 is 24.6 Å². The normalized spacial score (nSPS) is 14.6. The summed E-state index contributed by atoms with van der Waals surface area (Å²) in [6.07, 6.45) is -0.469. The molecule has 2 aliphatic rings. The number of ether oxygens (including phenoxy) is 2. The molecule has 2 saturated heterocycles. The van der Waals surface area contributed by atoms with Crippen LogP contribution in [0.1, 0.15) is 20.8 Å². The second kappa shape index (κ2) is 13.0. The van der Waals surface area contributed by atoms with E-state index >= 15 is 0 Å². The molecule has 3 aromatic carbocycles. The average Bonchev–Trinajstić information content (AvgIpc) is 3.69. The molecule has 0 spiro atoms. The number of carbonyl (C=O) groups is 3. The number of piperazine rings is 1. The smallest absolute Gasteiger partial charge is 0.414 e. The summed E-state index contributed by atoms with van der Waals surface area (Å²) in [5.74, 6) is -0.273. The number of hydrogen-bond donors (Lipinski definition) is 1. The van der Waals surface area contributed by atoms with Gasteiger partial charge in [-0.3, -0.25) is 24.6 Å². The number of rotatable bonds is 8. The van der Waals surface area contributed by atoms with Crippen LogP contribution in [0.25, 0.3) is 11.3 Å². The van der Waals surface area contributed by atoms with Gasteiger partial charge in [0.05, 0.1) is 29.3 Å². The van der Waals surface area contributed by atoms with Crippen molar-refractivity contribution >= 4 is 52.3 Å². The zero-order valence-electron chi connectivity index (χ0n) is 25.4. The number of anilines is 3. The van der Waals surface area contributed by atoms with E-state index in [1.165, 1.54) is 33.8 Å². The van der Waals surface area contributed by atoms with Crippen molar-refractivity contribution in [1.29, 1.82) is 0 Å². The van der Waals surface area contributed by atoms with Crippen LogP contribution < -0.4 is 19.9 Å². The Morgan fingerprint density at radius 1 is 1.04 bits per heavy atom. The van der Waals surface area contributed by atoms with Gasteiger partial charge in [-0.2, -0.15) is 0 Å². The number of hydrogen-bond acceptors (Lipinski definition) is 10. The van der Waals surface area contributed by atoms with Crippen LogP contribution in [-0.2, 0) is 11.8 Å². The SMILES string of the molecule is COc1ccccc1-c1nnn(C)c1C(=O)N1CCN(c2cc(NC(=O)c3ccc(N4CCOC4=O)cc3)c([N+](=O)[O-])cc2Cl)CC1. The van der Waals surface area contributed by atoms with Crippen LogP contribution >= 0.6 is 11.6 Å². The molecule has 16 heteroatoms. The summed E-state index contributed by atoms with van der Waals surface area (Å²) in [6.45, 7) is 2.06. The monoisotopic (exact) mass is 660 g/mol. The lowest BCUT2D eigenvalue weighted by Crippen LogP contribution is -2.49. The first kappa shape index (κ1) is 31.3. The Hall–Kier alpha value is -5.70. The van der Waals surface area contributed by atoms with Crippen LogP contribution in [-0.4, -0.2) is 89.2 Å². The van der Waals surface area contributed by atoms with E-state index in [-0.39, 0.29) is 34.5 Å². The number of methoxy groups -OCH3 is 1. The summed E-state index contributed by atoms with van der Waals surface area (Å²) in [4.78, 5) is 55.0. The lowest BCUT2D eigenvalue weighted by atomic mass is 10.1. The molecule has 6 rings (SSSR count). The number of amides is 3. The highest BCUT2D eigenvalue weighted by Crippen LogP contribution is 2.38. The molecule has 3 heterocycles. The first-order valence-electron chi connectivity index (χ1n) is 14.6. The quantitative estimate of drug-likeness (QED) is 0.214. The van der Waals surface area contributed by atoms with E-state index in [2.05, 4.69) is 15.6 Å². The van der Waals surface area contributed by atoms with Crippen molar-refractivity contribution in [2.24, 2.45) is 7.05 Å². The van der Waals surface area contributed by atoms with Crippen molar-refractivity contribution in [3.63, 3.8) is 0 Å². The number of para-hydroxylation sites is 1. The molecule has 0 unspecified atom stereocenters. The van der Waals surface area contributed by atoms with Gasteiger partial charge >= 0.3 is 6.09 Å². The number of cyclic esters (lactones) is 1. The van der Waals surface area contributed by atoms with Crippen LogP contribution in [0, 0.1) is 10.1 Å². The highest BCUT2D eigenvalue weighted by Gasteiger charge is 2.31. The molecule has 47 heavy (non-hydrogen) atoms. The molecule has 15 nitrogen and oxygen atoms in total.